The third-order valence-electron chi connectivity index (χ3n) is 10.1. The van der Waals surface area contributed by atoms with Crippen molar-refractivity contribution in [1.29, 1.82) is 0 Å². The van der Waals surface area contributed by atoms with Crippen molar-refractivity contribution in [1.82, 2.24) is 0 Å². The minimum Gasteiger partial charge on any atom is -0.0625 e. The van der Waals surface area contributed by atoms with Gasteiger partial charge in [-0.1, -0.05) is 103 Å². The molecule has 0 fully saturated rings. The summed E-state index contributed by atoms with van der Waals surface area (Å²) in [6, 6.07) is 0. The van der Waals surface area contributed by atoms with Crippen LogP contribution in [0.1, 0.15) is 129 Å². The fraction of sp³-hybridized carbons (Fsp3) is 1.00. The van der Waals surface area contributed by atoms with Crippen LogP contribution in [0.4, 0.5) is 0 Å². The van der Waals surface area contributed by atoms with E-state index in [0.717, 1.165) is 71.0 Å². The van der Waals surface area contributed by atoms with Crippen LogP contribution in [0.2, 0.25) is 0 Å². The van der Waals surface area contributed by atoms with Gasteiger partial charge in [0.25, 0.3) is 0 Å². The quantitative estimate of drug-likeness (QED) is 0.225. The second-order valence-electron chi connectivity index (χ2n) is 13.3. The van der Waals surface area contributed by atoms with Gasteiger partial charge in [0.2, 0.25) is 0 Å². The van der Waals surface area contributed by atoms with Gasteiger partial charge in [0.15, 0.2) is 0 Å². The summed E-state index contributed by atoms with van der Waals surface area (Å²) in [5.41, 5.74) is 0. The molecule has 0 bridgehead atoms. The van der Waals surface area contributed by atoms with Crippen molar-refractivity contribution >= 4 is 0 Å². The summed E-state index contributed by atoms with van der Waals surface area (Å²) in [6.45, 7) is 34.4. The molecule has 0 nitrogen and oxygen atoms in total. The molecule has 0 radical (unpaired) electrons. The maximum atomic E-state index is 2.54. The zero-order valence-corrected chi connectivity index (χ0v) is 24.5. The van der Waals surface area contributed by atoms with E-state index in [-0.39, 0.29) is 0 Å². The van der Waals surface area contributed by atoms with Crippen LogP contribution in [0.15, 0.2) is 0 Å². The molecule has 0 aromatic carbocycles. The molecule has 0 N–H and O–H groups in total. The second kappa shape index (κ2) is 15.0. The van der Waals surface area contributed by atoms with Gasteiger partial charge < -0.3 is 0 Å². The maximum Gasteiger partial charge on any atom is -0.0383 e. The smallest absolute Gasteiger partial charge is 0.0383 e. The molecule has 0 aromatic heterocycles. The highest BCUT2D eigenvalue weighted by molar-refractivity contribution is 4.79. The van der Waals surface area contributed by atoms with Crippen molar-refractivity contribution in [3.8, 4) is 0 Å². The van der Waals surface area contributed by atoms with Crippen LogP contribution in [0.3, 0.4) is 0 Å². The molecule has 0 aliphatic heterocycles. The summed E-state index contributed by atoms with van der Waals surface area (Å²) in [4.78, 5) is 0. The fourth-order valence-corrected chi connectivity index (χ4v) is 5.53. The largest absolute Gasteiger partial charge is 0.0625 e. The molecule has 0 spiro atoms. The molecule has 31 heavy (non-hydrogen) atoms. The molecule has 8 unspecified atom stereocenters. The predicted molar refractivity (Wildman–Crippen MR) is 144 cm³/mol. The van der Waals surface area contributed by atoms with Crippen LogP contribution in [-0.4, -0.2) is 0 Å². The number of hydrogen-bond acceptors (Lipinski definition) is 0. The zero-order chi connectivity index (χ0) is 24.5. The molecule has 0 aliphatic rings. The summed E-state index contributed by atoms with van der Waals surface area (Å²) in [5.74, 6) is 9.96. The molecule has 0 saturated carbocycles. The Morgan fingerprint density at radius 3 is 1.06 bits per heavy atom. The molecule has 0 aromatic rings. The van der Waals surface area contributed by atoms with Crippen molar-refractivity contribution in [2.75, 3.05) is 0 Å². The Hall–Kier alpha value is 0. The lowest BCUT2D eigenvalue weighted by Gasteiger charge is -2.35. The van der Waals surface area contributed by atoms with Crippen LogP contribution in [0, 0.1) is 71.0 Å². The molecular formula is C31H64. The van der Waals surface area contributed by atoms with E-state index in [0.29, 0.717) is 0 Å². The van der Waals surface area contributed by atoms with Crippen molar-refractivity contribution in [3.63, 3.8) is 0 Å². The van der Waals surface area contributed by atoms with E-state index in [1.807, 2.05) is 0 Å². The van der Waals surface area contributed by atoms with Gasteiger partial charge in [0.05, 0.1) is 0 Å². The highest BCUT2D eigenvalue weighted by atomic mass is 14.3. The lowest BCUT2D eigenvalue weighted by atomic mass is 9.70. The third kappa shape index (κ3) is 11.1. The molecule has 188 valence electrons. The van der Waals surface area contributed by atoms with Gasteiger partial charge in [-0.15, -0.1) is 0 Å². The first kappa shape index (κ1) is 31.0. The van der Waals surface area contributed by atoms with Crippen LogP contribution in [0.5, 0.6) is 0 Å². The molecule has 0 rings (SSSR count). The summed E-state index contributed by atoms with van der Waals surface area (Å²) < 4.78 is 0. The lowest BCUT2D eigenvalue weighted by Crippen LogP contribution is -2.26. The van der Waals surface area contributed by atoms with E-state index in [4.69, 9.17) is 0 Å². The molecule has 0 aliphatic carbocycles. The van der Waals surface area contributed by atoms with Crippen LogP contribution in [0.25, 0.3) is 0 Å². The normalized spacial score (nSPS) is 20.7. The summed E-state index contributed by atoms with van der Waals surface area (Å²) in [7, 11) is 0. The topological polar surface area (TPSA) is 0 Å². The molecule has 0 amide bonds. The third-order valence-corrected chi connectivity index (χ3v) is 10.1. The first-order valence-electron chi connectivity index (χ1n) is 14.2. The zero-order valence-electron chi connectivity index (χ0n) is 24.5. The Labute approximate surface area is 200 Å². The Morgan fingerprint density at radius 2 is 0.645 bits per heavy atom. The van der Waals surface area contributed by atoms with E-state index in [1.54, 1.807) is 0 Å². The van der Waals surface area contributed by atoms with E-state index >= 15 is 0 Å². The highest BCUT2D eigenvalue weighted by Gasteiger charge is 2.28. The van der Waals surface area contributed by atoms with Crippen molar-refractivity contribution in [2.24, 2.45) is 71.0 Å². The molecular weight excluding hydrogens is 372 g/mol. The average Bonchev–Trinajstić information content (AvgIpc) is 2.69. The molecule has 8 atom stereocenters. The van der Waals surface area contributed by atoms with Crippen molar-refractivity contribution < 1.29 is 0 Å². The Morgan fingerprint density at radius 1 is 0.323 bits per heavy atom. The van der Waals surface area contributed by atoms with Gasteiger partial charge in [0, 0.05) is 0 Å². The van der Waals surface area contributed by atoms with Crippen LogP contribution < -0.4 is 0 Å². The molecule has 0 heterocycles. The summed E-state index contributed by atoms with van der Waals surface area (Å²) in [5, 5.41) is 0. The monoisotopic (exact) mass is 437 g/mol. The Kier molecular flexibility index (Phi) is 15.0. The SMILES string of the molecule is CC(C)C(C)C(C)CCC(CCC(CC(C)C(C)C(C)C)C(C)C(C)C)C(C)C(C)C. The van der Waals surface area contributed by atoms with Gasteiger partial charge in [0.1, 0.15) is 0 Å². The highest BCUT2D eigenvalue weighted by Crippen LogP contribution is 2.38. The second-order valence-corrected chi connectivity index (χ2v) is 13.3. The van der Waals surface area contributed by atoms with E-state index < -0.39 is 0 Å². The van der Waals surface area contributed by atoms with Gasteiger partial charge in [-0.2, -0.15) is 0 Å². The number of hydrogen-bond donors (Lipinski definition) is 0. The van der Waals surface area contributed by atoms with Crippen LogP contribution in [-0.2, 0) is 0 Å². The standard InChI is InChI=1S/C31H64/c1-20(2)26(11)24(9)15-16-30(28(13)22(5)6)17-18-31(29(14)23(7)8)19-25(10)27(12)21(3)4/h20-31H,15-19H2,1-14H3. The summed E-state index contributed by atoms with van der Waals surface area (Å²) >= 11 is 0. The summed E-state index contributed by atoms with van der Waals surface area (Å²) in [6.07, 6.45) is 7.13. The minimum atomic E-state index is 0.791. The van der Waals surface area contributed by atoms with Gasteiger partial charge in [-0.25, -0.2) is 0 Å². The van der Waals surface area contributed by atoms with Gasteiger partial charge in [-0.05, 0) is 96.7 Å². The van der Waals surface area contributed by atoms with E-state index in [9.17, 15) is 0 Å². The van der Waals surface area contributed by atoms with Gasteiger partial charge >= 0.3 is 0 Å². The first-order chi connectivity index (χ1) is 14.2. The minimum absolute atomic E-state index is 0.791. The predicted octanol–water partition coefficient (Wildman–Crippen LogP) is 10.6. The van der Waals surface area contributed by atoms with E-state index in [1.165, 1.54) is 32.1 Å². The first-order valence-corrected chi connectivity index (χ1v) is 14.2. The average molecular weight is 437 g/mol. The molecule has 0 heteroatoms. The Bertz CT molecular complexity index is 431. The fourth-order valence-electron chi connectivity index (χ4n) is 5.53. The van der Waals surface area contributed by atoms with E-state index in [2.05, 4.69) is 96.9 Å². The van der Waals surface area contributed by atoms with Crippen molar-refractivity contribution in [3.05, 3.63) is 0 Å². The Balaban J connectivity index is 5.24. The van der Waals surface area contributed by atoms with Crippen molar-refractivity contribution in [2.45, 2.75) is 129 Å². The van der Waals surface area contributed by atoms with Gasteiger partial charge in [-0.3, -0.25) is 0 Å². The maximum absolute atomic E-state index is 2.54. The number of rotatable bonds is 16. The lowest BCUT2D eigenvalue weighted by molar-refractivity contribution is 0.150. The van der Waals surface area contributed by atoms with Crippen LogP contribution >= 0.6 is 0 Å². The molecule has 0 saturated heterocycles.